The van der Waals surface area contributed by atoms with Gasteiger partial charge in [-0.25, -0.2) is 8.42 Å². The number of carbonyl (C=O) groups excluding carboxylic acids is 1. The molecule has 0 aliphatic rings. The summed E-state index contributed by atoms with van der Waals surface area (Å²) in [7, 11) is -2.43. The molecule has 2 aromatic rings. The highest BCUT2D eigenvalue weighted by Gasteiger charge is 2.30. The van der Waals surface area contributed by atoms with Gasteiger partial charge in [0, 0.05) is 12.1 Å². The van der Waals surface area contributed by atoms with Crippen LogP contribution in [0.3, 0.4) is 0 Å². The number of sulfonamides is 1. The van der Waals surface area contributed by atoms with E-state index in [4.69, 9.17) is 16.3 Å². The fourth-order valence-electron chi connectivity index (χ4n) is 2.70. The molecule has 29 heavy (non-hydrogen) atoms. The number of methoxy groups -OCH3 is 1. The molecule has 2 aromatic carbocycles. The molecule has 0 unspecified atom stereocenters. The van der Waals surface area contributed by atoms with Crippen LogP contribution in [0.1, 0.15) is 12.5 Å². The van der Waals surface area contributed by atoms with Crippen LogP contribution in [0.5, 0.6) is 5.75 Å². The lowest BCUT2D eigenvalue weighted by molar-refractivity contribution is -0.384. The highest BCUT2D eigenvalue weighted by Crippen LogP contribution is 2.31. The number of nitro benzene ring substituents is 1. The van der Waals surface area contributed by atoms with Crippen molar-refractivity contribution in [1.82, 2.24) is 0 Å². The Labute approximate surface area is 173 Å². The minimum absolute atomic E-state index is 0.178. The van der Waals surface area contributed by atoms with E-state index >= 15 is 0 Å². The van der Waals surface area contributed by atoms with Gasteiger partial charge in [0.2, 0.25) is 15.9 Å². The second-order valence-corrected chi connectivity index (χ2v) is 8.57. The zero-order chi connectivity index (χ0) is 21.9. The highest BCUT2D eigenvalue weighted by atomic mass is 35.5. The number of nitrogens with zero attached hydrogens (tertiary/aromatic N) is 2. The maximum Gasteiger partial charge on any atom is 0.271 e. The maximum atomic E-state index is 12.8. The number of rotatable bonds is 7. The van der Waals surface area contributed by atoms with Gasteiger partial charge in [0.1, 0.15) is 11.8 Å². The van der Waals surface area contributed by atoms with Crippen molar-refractivity contribution in [3.8, 4) is 5.75 Å². The summed E-state index contributed by atoms with van der Waals surface area (Å²) in [4.78, 5) is 23.2. The number of halogens is 1. The normalized spacial score (nSPS) is 12.2. The fourth-order valence-corrected chi connectivity index (χ4v) is 4.12. The Morgan fingerprint density at radius 1 is 1.28 bits per heavy atom. The first-order chi connectivity index (χ1) is 13.5. The molecular formula is C18H20ClN3O6S. The third kappa shape index (κ3) is 5.15. The topological polar surface area (TPSA) is 119 Å². The molecule has 1 amide bonds. The third-order valence-electron chi connectivity index (χ3n) is 4.17. The van der Waals surface area contributed by atoms with E-state index in [1.54, 1.807) is 6.92 Å². The van der Waals surface area contributed by atoms with Crippen LogP contribution in [-0.2, 0) is 14.8 Å². The average Bonchev–Trinajstić information content (AvgIpc) is 2.62. The van der Waals surface area contributed by atoms with Gasteiger partial charge in [-0.05, 0) is 37.6 Å². The summed E-state index contributed by atoms with van der Waals surface area (Å²) >= 11 is 6.09. The number of hydrogen-bond donors (Lipinski definition) is 1. The number of nitro groups is 1. The number of nitrogens with one attached hydrogen (secondary N) is 1. The van der Waals surface area contributed by atoms with Crippen LogP contribution in [0, 0.1) is 17.0 Å². The number of carbonyl (C=O) groups is 1. The molecule has 0 spiro atoms. The quantitative estimate of drug-likeness (QED) is 0.519. The monoisotopic (exact) mass is 441 g/mol. The van der Waals surface area contributed by atoms with E-state index in [2.05, 4.69) is 5.32 Å². The molecule has 156 valence electrons. The molecule has 2 rings (SSSR count). The van der Waals surface area contributed by atoms with Crippen LogP contribution < -0.4 is 14.4 Å². The predicted molar refractivity (Wildman–Crippen MR) is 111 cm³/mol. The largest absolute Gasteiger partial charge is 0.495 e. The van der Waals surface area contributed by atoms with E-state index in [9.17, 15) is 23.3 Å². The van der Waals surface area contributed by atoms with Gasteiger partial charge in [-0.3, -0.25) is 19.2 Å². The Morgan fingerprint density at radius 3 is 2.45 bits per heavy atom. The Kier molecular flexibility index (Phi) is 6.70. The summed E-state index contributed by atoms with van der Waals surface area (Å²) in [6.07, 6.45) is 0.966. The Morgan fingerprint density at radius 2 is 1.93 bits per heavy atom. The zero-order valence-corrected chi connectivity index (χ0v) is 17.7. The summed E-state index contributed by atoms with van der Waals surface area (Å²) in [5.41, 5.74) is 0.795. The lowest BCUT2D eigenvalue weighted by Gasteiger charge is -2.28. The molecule has 0 saturated heterocycles. The van der Waals surface area contributed by atoms with Gasteiger partial charge in [-0.15, -0.1) is 0 Å². The summed E-state index contributed by atoms with van der Waals surface area (Å²) in [5.74, 6) is -0.306. The van der Waals surface area contributed by atoms with Gasteiger partial charge in [0.05, 0.1) is 34.7 Å². The second kappa shape index (κ2) is 8.66. The van der Waals surface area contributed by atoms with Crippen molar-refractivity contribution in [1.29, 1.82) is 0 Å². The van der Waals surface area contributed by atoms with Crippen molar-refractivity contribution < 1.29 is 22.9 Å². The minimum Gasteiger partial charge on any atom is -0.495 e. The summed E-state index contributed by atoms with van der Waals surface area (Å²) in [6.45, 7) is 3.07. The lowest BCUT2D eigenvalue weighted by Crippen LogP contribution is -2.45. The van der Waals surface area contributed by atoms with Gasteiger partial charge in [-0.2, -0.15) is 0 Å². The van der Waals surface area contributed by atoms with Crippen LogP contribution in [-0.4, -0.2) is 38.7 Å². The van der Waals surface area contributed by atoms with E-state index in [1.807, 2.05) is 0 Å². The van der Waals surface area contributed by atoms with Crippen LogP contribution in [0.4, 0.5) is 17.1 Å². The molecule has 0 fully saturated rings. The Hall–Kier alpha value is -2.85. The van der Waals surface area contributed by atoms with Crippen molar-refractivity contribution in [3.05, 3.63) is 57.1 Å². The lowest BCUT2D eigenvalue weighted by atomic mass is 10.1. The van der Waals surface area contributed by atoms with E-state index in [0.717, 1.165) is 10.6 Å². The average molecular weight is 442 g/mol. The molecule has 0 aliphatic heterocycles. The standard InChI is InChI=1S/C18H20ClN3O6S/c1-11-5-6-14(22(24)25)10-16(11)20-18(23)12(2)21(29(4,26)27)13-7-8-17(28-3)15(19)9-13/h5-10,12H,1-4H3,(H,20,23)/t12-/m0/s1. The van der Waals surface area contributed by atoms with E-state index in [-0.39, 0.29) is 22.1 Å². The van der Waals surface area contributed by atoms with Gasteiger partial charge >= 0.3 is 0 Å². The molecule has 0 bridgehead atoms. The molecule has 0 aromatic heterocycles. The van der Waals surface area contributed by atoms with Gasteiger partial charge in [0.25, 0.3) is 5.69 Å². The molecule has 0 saturated carbocycles. The Bertz CT molecular complexity index is 1060. The van der Waals surface area contributed by atoms with Gasteiger partial charge < -0.3 is 10.1 Å². The van der Waals surface area contributed by atoms with Crippen LogP contribution in [0.25, 0.3) is 0 Å². The number of amides is 1. The first-order valence-electron chi connectivity index (χ1n) is 8.34. The van der Waals surface area contributed by atoms with Crippen LogP contribution in [0.2, 0.25) is 5.02 Å². The van der Waals surface area contributed by atoms with Crippen molar-refractivity contribution in [2.75, 3.05) is 23.0 Å². The first-order valence-corrected chi connectivity index (χ1v) is 10.6. The molecular weight excluding hydrogens is 422 g/mol. The molecule has 11 heteroatoms. The molecule has 9 nitrogen and oxygen atoms in total. The summed E-state index contributed by atoms with van der Waals surface area (Å²) < 4.78 is 30.8. The van der Waals surface area contributed by atoms with Crippen molar-refractivity contribution in [3.63, 3.8) is 0 Å². The summed E-state index contributed by atoms with van der Waals surface area (Å²) in [5, 5.41) is 13.7. The maximum absolute atomic E-state index is 12.8. The molecule has 0 radical (unpaired) electrons. The van der Waals surface area contributed by atoms with E-state index in [1.165, 1.54) is 50.4 Å². The van der Waals surface area contributed by atoms with Crippen molar-refractivity contribution >= 4 is 44.6 Å². The van der Waals surface area contributed by atoms with Gasteiger partial charge in [-0.1, -0.05) is 17.7 Å². The molecule has 0 aliphatic carbocycles. The smallest absolute Gasteiger partial charge is 0.271 e. The molecule has 0 heterocycles. The second-order valence-electron chi connectivity index (χ2n) is 6.30. The molecule has 1 atom stereocenters. The van der Waals surface area contributed by atoms with E-state index < -0.39 is 26.9 Å². The fraction of sp³-hybridized carbons (Fsp3) is 0.278. The number of hydrogen-bond acceptors (Lipinski definition) is 6. The predicted octanol–water partition coefficient (Wildman–Crippen LogP) is 3.36. The SMILES string of the molecule is COc1ccc(N([C@@H](C)C(=O)Nc2cc([N+](=O)[O-])ccc2C)S(C)(=O)=O)cc1Cl. The number of anilines is 2. The highest BCUT2D eigenvalue weighted by molar-refractivity contribution is 7.92. The third-order valence-corrected chi connectivity index (χ3v) is 5.71. The summed E-state index contributed by atoms with van der Waals surface area (Å²) in [6, 6.07) is 7.21. The minimum atomic E-state index is -3.86. The van der Waals surface area contributed by atoms with Crippen LogP contribution in [0.15, 0.2) is 36.4 Å². The number of ether oxygens (including phenoxy) is 1. The van der Waals surface area contributed by atoms with E-state index in [0.29, 0.717) is 11.3 Å². The number of non-ortho nitro benzene ring substituents is 1. The number of benzene rings is 2. The molecule has 1 N–H and O–H groups in total. The van der Waals surface area contributed by atoms with Gasteiger partial charge in [0.15, 0.2) is 0 Å². The first kappa shape index (κ1) is 22.4. The van der Waals surface area contributed by atoms with Crippen LogP contribution >= 0.6 is 11.6 Å². The van der Waals surface area contributed by atoms with Crippen molar-refractivity contribution in [2.24, 2.45) is 0 Å². The Balaban J connectivity index is 2.39. The number of aryl methyl sites for hydroxylation is 1. The zero-order valence-electron chi connectivity index (χ0n) is 16.2. The van der Waals surface area contributed by atoms with Crippen molar-refractivity contribution in [2.45, 2.75) is 19.9 Å².